The normalized spacial score (nSPS) is 11.7. The van der Waals surface area contributed by atoms with Crippen LogP contribution in [-0.2, 0) is 0 Å². The highest BCUT2D eigenvalue weighted by Gasteiger charge is 2.20. The first-order valence-electron chi connectivity index (χ1n) is 8.57. The van der Waals surface area contributed by atoms with Crippen molar-refractivity contribution in [1.29, 1.82) is 0 Å². The van der Waals surface area contributed by atoms with Gasteiger partial charge in [-0.15, -0.1) is 0 Å². The molecule has 132 valence electrons. The summed E-state index contributed by atoms with van der Waals surface area (Å²) in [6, 6.07) is 18.7. The van der Waals surface area contributed by atoms with Crippen LogP contribution in [-0.4, -0.2) is 13.9 Å². The molecule has 3 rings (SSSR count). The summed E-state index contributed by atoms with van der Waals surface area (Å²) >= 11 is 0. The van der Waals surface area contributed by atoms with Crippen molar-refractivity contribution in [2.45, 2.75) is 19.6 Å². The molecule has 0 bridgehead atoms. The van der Waals surface area contributed by atoms with Gasteiger partial charge < -0.3 is 9.15 Å². The number of carbonyl (C=O) groups excluding carboxylic acids is 1. The van der Waals surface area contributed by atoms with Crippen LogP contribution in [0, 0.1) is 0 Å². The van der Waals surface area contributed by atoms with Crippen LogP contribution in [0.25, 0.3) is 6.08 Å². The minimum absolute atomic E-state index is 0.104. The summed E-state index contributed by atoms with van der Waals surface area (Å²) in [6.07, 6.45) is 5.05. The Balaban J connectivity index is 1.79. The highest BCUT2D eigenvalue weighted by atomic mass is 28.3. The summed E-state index contributed by atoms with van der Waals surface area (Å²) in [6.45, 7) is 6.67. The third-order valence-corrected chi connectivity index (χ3v) is 5.65. The maximum atomic E-state index is 12.6. The Morgan fingerprint density at radius 2 is 1.69 bits per heavy atom. The third-order valence-electron chi connectivity index (χ3n) is 3.91. The van der Waals surface area contributed by atoms with Gasteiger partial charge in [0, 0.05) is 5.56 Å². The van der Waals surface area contributed by atoms with Gasteiger partial charge in [-0.05, 0) is 42.5 Å². The van der Waals surface area contributed by atoms with E-state index >= 15 is 0 Å². The molecular weight excluding hydrogens is 340 g/mol. The molecule has 0 atom stereocenters. The lowest BCUT2D eigenvalue weighted by Gasteiger charge is -2.10. The Morgan fingerprint density at radius 3 is 2.38 bits per heavy atom. The van der Waals surface area contributed by atoms with Gasteiger partial charge in [0.15, 0.2) is 5.78 Å². The molecule has 2 aromatic carbocycles. The maximum Gasteiger partial charge on any atom is 0.189 e. The van der Waals surface area contributed by atoms with E-state index in [0.717, 1.165) is 10.9 Å². The number of carbonyl (C=O) groups is 1. The number of benzene rings is 2. The van der Waals surface area contributed by atoms with Gasteiger partial charge in [-0.3, -0.25) is 4.79 Å². The quantitative estimate of drug-likeness (QED) is 0.329. The van der Waals surface area contributed by atoms with E-state index in [4.69, 9.17) is 9.15 Å². The smallest absolute Gasteiger partial charge is 0.189 e. The number of hydrogen-bond acceptors (Lipinski definition) is 3. The molecule has 0 aliphatic carbocycles. The van der Waals surface area contributed by atoms with Crippen LogP contribution in [0.4, 0.5) is 0 Å². The number of ether oxygens (including phenoxy) is 1. The summed E-state index contributed by atoms with van der Waals surface area (Å²) in [5.74, 6) is 1.14. The first-order valence-corrected chi connectivity index (χ1v) is 12.1. The Kier molecular flexibility index (Phi) is 5.23. The molecule has 0 saturated heterocycles. The van der Waals surface area contributed by atoms with Gasteiger partial charge >= 0.3 is 0 Å². The fraction of sp³-hybridized carbons (Fsp3) is 0.136. The average Bonchev–Trinajstić information content (AvgIpc) is 3.10. The molecule has 3 nitrogen and oxygen atoms in total. The summed E-state index contributed by atoms with van der Waals surface area (Å²) in [7, 11) is -1.49. The maximum absolute atomic E-state index is 12.6. The largest absolute Gasteiger partial charge is 0.474 e. The number of para-hydroxylation sites is 2. The van der Waals surface area contributed by atoms with Crippen LogP contribution in [0.5, 0.6) is 11.5 Å². The van der Waals surface area contributed by atoms with E-state index in [1.165, 1.54) is 0 Å². The van der Waals surface area contributed by atoms with Gasteiger partial charge in [0.1, 0.15) is 19.6 Å². The fourth-order valence-electron chi connectivity index (χ4n) is 2.47. The first-order chi connectivity index (χ1) is 12.4. The van der Waals surface area contributed by atoms with E-state index < -0.39 is 8.07 Å². The highest BCUT2D eigenvalue weighted by Crippen LogP contribution is 2.25. The molecule has 0 saturated carbocycles. The Morgan fingerprint density at radius 1 is 1.00 bits per heavy atom. The van der Waals surface area contributed by atoms with Crippen molar-refractivity contribution in [2.75, 3.05) is 0 Å². The molecule has 0 amide bonds. The zero-order valence-electron chi connectivity index (χ0n) is 15.2. The van der Waals surface area contributed by atoms with Crippen LogP contribution >= 0.6 is 0 Å². The van der Waals surface area contributed by atoms with Crippen molar-refractivity contribution in [3.63, 3.8) is 0 Å². The molecule has 0 aliphatic heterocycles. The zero-order valence-corrected chi connectivity index (χ0v) is 16.2. The van der Waals surface area contributed by atoms with Crippen LogP contribution in [0.15, 0.2) is 77.4 Å². The third kappa shape index (κ3) is 4.40. The minimum Gasteiger partial charge on any atom is -0.474 e. The zero-order chi connectivity index (χ0) is 18.6. The SMILES string of the molecule is C[Si](C)(C)c1cc(C=CC(=O)c2ccccc2Oc2ccccc2)co1. The number of ketones is 1. The highest BCUT2D eigenvalue weighted by molar-refractivity contribution is 6.87. The standard InChI is InChI=1S/C22H22O3Si/c1-26(2,3)22-15-17(16-24-22)13-14-20(23)19-11-7-8-12-21(19)25-18-9-5-4-6-10-18/h4-16H,1-3H3. The Labute approximate surface area is 154 Å². The second-order valence-electron chi connectivity index (χ2n) is 7.10. The predicted molar refractivity (Wildman–Crippen MR) is 108 cm³/mol. The number of rotatable bonds is 6. The van der Waals surface area contributed by atoms with E-state index in [2.05, 4.69) is 19.6 Å². The second-order valence-corrected chi connectivity index (χ2v) is 12.1. The fourth-order valence-corrected chi connectivity index (χ4v) is 3.48. The summed E-state index contributed by atoms with van der Waals surface area (Å²) in [4.78, 5) is 12.6. The topological polar surface area (TPSA) is 39.4 Å². The van der Waals surface area contributed by atoms with Gasteiger partial charge in [-0.25, -0.2) is 0 Å². The van der Waals surface area contributed by atoms with E-state index in [1.54, 1.807) is 30.5 Å². The van der Waals surface area contributed by atoms with Crippen molar-refractivity contribution in [3.8, 4) is 11.5 Å². The Bertz CT molecular complexity index is 918. The van der Waals surface area contributed by atoms with E-state index in [1.807, 2.05) is 48.5 Å². The van der Waals surface area contributed by atoms with Crippen LogP contribution in [0.2, 0.25) is 19.6 Å². The lowest BCUT2D eigenvalue weighted by atomic mass is 10.1. The number of furan rings is 1. The molecule has 0 unspecified atom stereocenters. The lowest BCUT2D eigenvalue weighted by Crippen LogP contribution is -2.36. The van der Waals surface area contributed by atoms with Gasteiger partial charge in [-0.2, -0.15) is 0 Å². The molecule has 0 fully saturated rings. The van der Waals surface area contributed by atoms with Crippen LogP contribution < -0.4 is 10.1 Å². The van der Waals surface area contributed by atoms with E-state index in [0.29, 0.717) is 17.1 Å². The molecule has 26 heavy (non-hydrogen) atoms. The van der Waals surface area contributed by atoms with Crippen molar-refractivity contribution >= 4 is 25.3 Å². The summed E-state index contributed by atoms with van der Waals surface area (Å²) in [5.41, 5.74) is 1.43. The molecule has 0 spiro atoms. The summed E-state index contributed by atoms with van der Waals surface area (Å²) < 4.78 is 11.5. The lowest BCUT2D eigenvalue weighted by molar-refractivity contribution is 0.104. The van der Waals surface area contributed by atoms with E-state index in [9.17, 15) is 4.79 Å². The first kappa shape index (κ1) is 18.0. The molecule has 4 heteroatoms. The van der Waals surface area contributed by atoms with Gasteiger partial charge in [-0.1, -0.05) is 50.0 Å². The number of hydrogen-bond donors (Lipinski definition) is 0. The predicted octanol–water partition coefficient (Wildman–Crippen LogP) is 5.51. The molecular formula is C22H22O3Si. The molecule has 0 aliphatic rings. The molecule has 3 aromatic rings. The molecule has 1 aromatic heterocycles. The van der Waals surface area contributed by atoms with Crippen molar-refractivity contribution in [3.05, 3.63) is 84.1 Å². The Hall–Kier alpha value is -2.85. The molecule has 0 radical (unpaired) electrons. The van der Waals surface area contributed by atoms with Crippen molar-refractivity contribution in [1.82, 2.24) is 0 Å². The monoisotopic (exact) mass is 362 g/mol. The van der Waals surface area contributed by atoms with E-state index in [-0.39, 0.29) is 5.78 Å². The molecule has 1 heterocycles. The van der Waals surface area contributed by atoms with Crippen molar-refractivity contribution < 1.29 is 13.9 Å². The molecule has 0 N–H and O–H groups in total. The minimum atomic E-state index is -1.49. The van der Waals surface area contributed by atoms with Crippen LogP contribution in [0.1, 0.15) is 15.9 Å². The van der Waals surface area contributed by atoms with Gasteiger partial charge in [0.05, 0.1) is 17.2 Å². The average molecular weight is 363 g/mol. The van der Waals surface area contributed by atoms with Crippen LogP contribution in [0.3, 0.4) is 0 Å². The second kappa shape index (κ2) is 7.58. The van der Waals surface area contributed by atoms with Gasteiger partial charge in [0.25, 0.3) is 0 Å². The van der Waals surface area contributed by atoms with Gasteiger partial charge in [0.2, 0.25) is 0 Å². The number of allylic oxidation sites excluding steroid dienone is 1. The van der Waals surface area contributed by atoms with Crippen molar-refractivity contribution in [2.24, 2.45) is 0 Å². The summed E-state index contributed by atoms with van der Waals surface area (Å²) in [5, 5.41) is 1.03.